The largest absolute Gasteiger partial charge is 0.332 e. The highest BCUT2D eigenvalue weighted by Gasteiger charge is 2.41. The molecule has 1 rings (SSSR count). The lowest BCUT2D eigenvalue weighted by Crippen LogP contribution is -2.39. The summed E-state index contributed by atoms with van der Waals surface area (Å²) in [4.78, 5) is 24.7. The highest BCUT2D eigenvalue weighted by molar-refractivity contribution is 5.88. The van der Waals surface area contributed by atoms with Crippen LogP contribution in [0.1, 0.15) is 40.5 Å². The van der Waals surface area contributed by atoms with Crippen LogP contribution in [0, 0.1) is 5.41 Å². The van der Waals surface area contributed by atoms with Crippen LogP contribution in [0.15, 0.2) is 0 Å². The quantitative estimate of drug-likeness (QED) is 0.674. The molecule has 0 N–H and O–H groups in total. The van der Waals surface area contributed by atoms with Gasteiger partial charge in [-0.25, -0.2) is 0 Å². The van der Waals surface area contributed by atoms with Crippen molar-refractivity contribution < 1.29 is 9.59 Å². The molecule has 0 unspecified atom stereocenters. The lowest BCUT2D eigenvalue weighted by molar-refractivity contribution is -0.135. The molecule has 0 radical (unpaired) electrons. The van der Waals surface area contributed by atoms with E-state index in [1.54, 1.807) is 4.90 Å². The Bertz CT molecular complexity index is 258. The summed E-state index contributed by atoms with van der Waals surface area (Å²) in [6.07, 6.45) is 1.32. The second-order valence-corrected chi connectivity index (χ2v) is 4.85. The van der Waals surface area contributed by atoms with Gasteiger partial charge >= 0.3 is 0 Å². The van der Waals surface area contributed by atoms with Crippen molar-refractivity contribution in [1.82, 2.24) is 4.90 Å². The van der Waals surface area contributed by atoms with Crippen LogP contribution in [0.2, 0.25) is 0 Å². The molecule has 1 aliphatic rings. The topological polar surface area (TPSA) is 37.4 Å². The average Bonchev–Trinajstić information content (AvgIpc) is 2.40. The van der Waals surface area contributed by atoms with Gasteiger partial charge in [0.1, 0.15) is 0 Å². The number of hydrogen-bond acceptors (Lipinski definition) is 2. The molecule has 1 heterocycles. The van der Waals surface area contributed by atoms with Crippen molar-refractivity contribution in [3.8, 4) is 0 Å². The molecule has 0 aromatic heterocycles. The second-order valence-electron chi connectivity index (χ2n) is 4.85. The number of nitrogens with zero attached hydrogens (tertiary/aromatic N) is 1. The third-order valence-electron chi connectivity index (χ3n) is 2.85. The summed E-state index contributed by atoms with van der Waals surface area (Å²) in [5.74, 6) is 0.202. The van der Waals surface area contributed by atoms with Gasteiger partial charge in [-0.2, -0.15) is 0 Å². The molecule has 0 saturated carbocycles. The summed E-state index contributed by atoms with van der Waals surface area (Å²) >= 11 is 0. The van der Waals surface area contributed by atoms with Crippen LogP contribution >= 0.6 is 0 Å². The molecule has 14 heavy (non-hydrogen) atoms. The van der Waals surface area contributed by atoms with E-state index in [4.69, 9.17) is 0 Å². The molecule has 0 bridgehead atoms. The van der Waals surface area contributed by atoms with Gasteiger partial charge in [-0.15, -0.1) is 0 Å². The van der Waals surface area contributed by atoms with Crippen molar-refractivity contribution >= 4 is 11.7 Å². The first-order valence-electron chi connectivity index (χ1n) is 5.17. The zero-order valence-corrected chi connectivity index (χ0v) is 9.46. The third-order valence-corrected chi connectivity index (χ3v) is 2.85. The fourth-order valence-corrected chi connectivity index (χ4v) is 2.12. The van der Waals surface area contributed by atoms with E-state index in [0.717, 1.165) is 6.42 Å². The first-order chi connectivity index (χ1) is 6.37. The van der Waals surface area contributed by atoms with Crippen molar-refractivity contribution in [3.05, 3.63) is 0 Å². The molecular formula is C11H19NO2. The van der Waals surface area contributed by atoms with Crippen LogP contribution in [-0.4, -0.2) is 29.2 Å². The van der Waals surface area contributed by atoms with Crippen molar-refractivity contribution in [2.45, 2.75) is 46.6 Å². The number of rotatable bonds is 2. The summed E-state index contributed by atoms with van der Waals surface area (Å²) < 4.78 is 0. The van der Waals surface area contributed by atoms with Crippen LogP contribution in [0.5, 0.6) is 0 Å². The highest BCUT2D eigenvalue weighted by Crippen LogP contribution is 2.34. The molecule has 1 aliphatic heterocycles. The maximum Gasteiger partial charge on any atom is 0.220 e. The molecule has 3 nitrogen and oxygen atoms in total. The minimum Gasteiger partial charge on any atom is -0.332 e. The van der Waals surface area contributed by atoms with Gasteiger partial charge in [0.2, 0.25) is 5.91 Å². The number of Topliss-reactive ketones (excluding diaryl/α,β-unsaturated/α-hetero) is 1. The van der Waals surface area contributed by atoms with E-state index >= 15 is 0 Å². The van der Waals surface area contributed by atoms with Gasteiger partial charge in [-0.3, -0.25) is 9.59 Å². The summed E-state index contributed by atoms with van der Waals surface area (Å²) in [6.45, 7) is 8.31. The maximum atomic E-state index is 11.6. The third kappa shape index (κ3) is 2.14. The monoisotopic (exact) mass is 197 g/mol. The number of ketones is 1. The van der Waals surface area contributed by atoms with Gasteiger partial charge in [0.05, 0.1) is 6.04 Å². The first kappa shape index (κ1) is 11.2. The fraction of sp³-hybridized carbons (Fsp3) is 0.818. The molecule has 0 aliphatic carbocycles. The lowest BCUT2D eigenvalue weighted by Gasteiger charge is -2.21. The molecule has 0 aromatic rings. The molecule has 0 spiro atoms. The predicted molar refractivity (Wildman–Crippen MR) is 54.9 cm³/mol. The van der Waals surface area contributed by atoms with E-state index in [1.807, 2.05) is 6.92 Å². The SMILES string of the molecule is CCC(=O)[C@@H]1CC(C)(C)CN1C(C)=O. The lowest BCUT2D eigenvalue weighted by atomic mass is 9.89. The van der Waals surface area contributed by atoms with Crippen LogP contribution in [-0.2, 0) is 9.59 Å². The van der Waals surface area contributed by atoms with Crippen molar-refractivity contribution in [1.29, 1.82) is 0 Å². The Morgan fingerprint density at radius 3 is 2.43 bits per heavy atom. The van der Waals surface area contributed by atoms with Gasteiger partial charge in [0, 0.05) is 19.9 Å². The Morgan fingerprint density at radius 2 is 2.00 bits per heavy atom. The van der Waals surface area contributed by atoms with E-state index in [0.29, 0.717) is 13.0 Å². The fourth-order valence-electron chi connectivity index (χ4n) is 2.12. The number of likely N-dealkylation sites (tertiary alicyclic amines) is 1. The van der Waals surface area contributed by atoms with Gasteiger partial charge < -0.3 is 4.90 Å². The second kappa shape index (κ2) is 3.71. The van der Waals surface area contributed by atoms with E-state index in [-0.39, 0.29) is 23.1 Å². The predicted octanol–water partition coefficient (Wildman–Crippen LogP) is 1.61. The van der Waals surface area contributed by atoms with Gasteiger partial charge in [-0.1, -0.05) is 20.8 Å². The molecule has 1 saturated heterocycles. The standard InChI is InChI=1S/C11H19NO2/c1-5-10(14)9-6-11(3,4)7-12(9)8(2)13/h9H,5-7H2,1-4H3/t9-/m0/s1. The molecule has 1 fully saturated rings. The number of carbonyl (C=O) groups is 2. The molecule has 1 amide bonds. The highest BCUT2D eigenvalue weighted by atomic mass is 16.2. The Kier molecular flexibility index (Phi) is 2.98. The number of amides is 1. The van der Waals surface area contributed by atoms with Crippen LogP contribution in [0.25, 0.3) is 0 Å². The smallest absolute Gasteiger partial charge is 0.220 e. The van der Waals surface area contributed by atoms with Crippen LogP contribution in [0.3, 0.4) is 0 Å². The van der Waals surface area contributed by atoms with Crippen LogP contribution in [0.4, 0.5) is 0 Å². The van der Waals surface area contributed by atoms with E-state index in [1.165, 1.54) is 6.92 Å². The Hall–Kier alpha value is -0.860. The molecule has 80 valence electrons. The molecule has 0 aromatic carbocycles. The normalized spacial score (nSPS) is 25.1. The van der Waals surface area contributed by atoms with Crippen molar-refractivity contribution in [2.75, 3.05) is 6.54 Å². The molecular weight excluding hydrogens is 178 g/mol. The van der Waals surface area contributed by atoms with Gasteiger partial charge in [-0.05, 0) is 11.8 Å². The van der Waals surface area contributed by atoms with Crippen molar-refractivity contribution in [2.24, 2.45) is 5.41 Å². The van der Waals surface area contributed by atoms with E-state index < -0.39 is 0 Å². The molecule has 1 atom stereocenters. The van der Waals surface area contributed by atoms with E-state index in [2.05, 4.69) is 13.8 Å². The van der Waals surface area contributed by atoms with Crippen molar-refractivity contribution in [3.63, 3.8) is 0 Å². The Balaban J connectivity index is 2.83. The average molecular weight is 197 g/mol. The minimum atomic E-state index is -0.174. The van der Waals surface area contributed by atoms with Gasteiger partial charge in [0.15, 0.2) is 5.78 Å². The van der Waals surface area contributed by atoms with Gasteiger partial charge in [0.25, 0.3) is 0 Å². The summed E-state index contributed by atoms with van der Waals surface area (Å²) in [5.41, 5.74) is 0.0845. The number of carbonyl (C=O) groups excluding carboxylic acids is 2. The number of hydrogen-bond donors (Lipinski definition) is 0. The first-order valence-corrected chi connectivity index (χ1v) is 5.17. The zero-order chi connectivity index (χ0) is 10.9. The summed E-state index contributed by atoms with van der Waals surface area (Å²) in [5, 5.41) is 0. The Morgan fingerprint density at radius 1 is 1.43 bits per heavy atom. The zero-order valence-electron chi connectivity index (χ0n) is 9.46. The van der Waals surface area contributed by atoms with Crippen LogP contribution < -0.4 is 0 Å². The van der Waals surface area contributed by atoms with E-state index in [9.17, 15) is 9.59 Å². The maximum absolute atomic E-state index is 11.6. The summed E-state index contributed by atoms with van der Waals surface area (Å²) in [7, 11) is 0. The molecule has 3 heteroatoms. The Labute approximate surface area is 85.5 Å². The minimum absolute atomic E-state index is 0.0161. The summed E-state index contributed by atoms with van der Waals surface area (Å²) in [6, 6.07) is -0.174.